The monoisotopic (exact) mass is 320 g/mol. The summed E-state index contributed by atoms with van der Waals surface area (Å²) < 4.78 is 1.71. The number of carboxylic acids is 1. The SMILES string of the molecule is O=C(Nc1ccnn1Cc1cccs1)NC1CC(C(=O)O)C1. The van der Waals surface area contributed by atoms with Crippen molar-refractivity contribution in [2.75, 3.05) is 5.32 Å². The first-order chi connectivity index (χ1) is 10.6. The molecule has 0 aromatic carbocycles. The molecule has 2 heterocycles. The molecule has 0 saturated heterocycles. The third-order valence-corrected chi connectivity index (χ3v) is 4.53. The molecular formula is C14H16N4O3S. The van der Waals surface area contributed by atoms with Gasteiger partial charge >= 0.3 is 12.0 Å². The quantitative estimate of drug-likeness (QED) is 0.785. The van der Waals surface area contributed by atoms with E-state index in [0.29, 0.717) is 25.2 Å². The fourth-order valence-corrected chi connectivity index (χ4v) is 3.08. The molecule has 0 radical (unpaired) electrons. The lowest BCUT2D eigenvalue weighted by Crippen LogP contribution is -2.48. The molecule has 0 bridgehead atoms. The maximum atomic E-state index is 11.9. The molecule has 116 valence electrons. The molecule has 0 aliphatic heterocycles. The van der Waals surface area contributed by atoms with Crippen LogP contribution in [0.2, 0.25) is 0 Å². The summed E-state index contributed by atoms with van der Waals surface area (Å²) >= 11 is 1.63. The molecule has 1 aliphatic carbocycles. The Bertz CT molecular complexity index is 661. The molecule has 8 heteroatoms. The number of nitrogens with zero attached hydrogens (tertiary/aromatic N) is 2. The number of carbonyl (C=O) groups is 2. The van der Waals surface area contributed by atoms with Crippen LogP contribution in [0.5, 0.6) is 0 Å². The van der Waals surface area contributed by atoms with Crippen LogP contribution in [-0.4, -0.2) is 32.9 Å². The fourth-order valence-electron chi connectivity index (χ4n) is 2.39. The van der Waals surface area contributed by atoms with Crippen LogP contribution in [-0.2, 0) is 11.3 Å². The van der Waals surface area contributed by atoms with Gasteiger partial charge in [-0.05, 0) is 24.3 Å². The Hall–Kier alpha value is -2.35. The van der Waals surface area contributed by atoms with Gasteiger partial charge < -0.3 is 10.4 Å². The molecular weight excluding hydrogens is 304 g/mol. The van der Waals surface area contributed by atoms with E-state index in [1.807, 2.05) is 17.5 Å². The predicted octanol–water partition coefficient (Wildman–Crippen LogP) is 1.98. The molecule has 7 nitrogen and oxygen atoms in total. The maximum absolute atomic E-state index is 11.9. The number of rotatable bonds is 5. The standard InChI is InChI=1S/C14H16N4O3S/c19-13(20)9-6-10(7-9)16-14(21)17-12-3-4-15-18(12)8-11-2-1-5-22-11/h1-5,9-10H,6-8H2,(H,19,20)(H2,16,17,21). The molecule has 0 spiro atoms. The Labute approximate surface area is 131 Å². The lowest BCUT2D eigenvalue weighted by atomic mass is 9.80. The topological polar surface area (TPSA) is 96.3 Å². The van der Waals surface area contributed by atoms with Gasteiger partial charge in [0.2, 0.25) is 0 Å². The van der Waals surface area contributed by atoms with Crippen LogP contribution >= 0.6 is 11.3 Å². The molecule has 1 fully saturated rings. The number of urea groups is 1. The summed E-state index contributed by atoms with van der Waals surface area (Å²) in [5.41, 5.74) is 0. The molecule has 2 amide bonds. The fraction of sp³-hybridized carbons (Fsp3) is 0.357. The first kappa shape index (κ1) is 14.6. The number of carbonyl (C=O) groups excluding carboxylic acids is 1. The van der Waals surface area contributed by atoms with Gasteiger partial charge in [-0.3, -0.25) is 10.1 Å². The minimum atomic E-state index is -0.799. The molecule has 2 aromatic heterocycles. The van der Waals surface area contributed by atoms with Crippen LogP contribution < -0.4 is 10.6 Å². The average Bonchev–Trinajstić information content (AvgIpc) is 3.06. The summed E-state index contributed by atoms with van der Waals surface area (Å²) in [5.74, 6) is -0.526. The van der Waals surface area contributed by atoms with Crippen molar-refractivity contribution in [3.8, 4) is 0 Å². The van der Waals surface area contributed by atoms with Gasteiger partial charge in [-0.2, -0.15) is 5.10 Å². The van der Waals surface area contributed by atoms with Crippen molar-refractivity contribution in [1.29, 1.82) is 0 Å². The van der Waals surface area contributed by atoms with Crippen molar-refractivity contribution in [3.63, 3.8) is 0 Å². The third kappa shape index (κ3) is 3.28. The van der Waals surface area contributed by atoms with Crippen LogP contribution in [0.3, 0.4) is 0 Å². The Balaban J connectivity index is 1.52. The maximum Gasteiger partial charge on any atom is 0.320 e. The van der Waals surface area contributed by atoms with Gasteiger partial charge in [0.05, 0.1) is 18.7 Å². The summed E-state index contributed by atoms with van der Waals surface area (Å²) in [4.78, 5) is 23.8. The van der Waals surface area contributed by atoms with Gasteiger partial charge in [0, 0.05) is 17.0 Å². The van der Waals surface area contributed by atoms with Crippen molar-refractivity contribution in [3.05, 3.63) is 34.7 Å². The Kier molecular flexibility index (Phi) is 4.10. The van der Waals surface area contributed by atoms with Crippen molar-refractivity contribution < 1.29 is 14.7 Å². The van der Waals surface area contributed by atoms with Crippen LogP contribution in [0.1, 0.15) is 17.7 Å². The zero-order valence-electron chi connectivity index (χ0n) is 11.7. The van der Waals surface area contributed by atoms with E-state index in [1.165, 1.54) is 0 Å². The number of hydrogen-bond donors (Lipinski definition) is 3. The van der Waals surface area contributed by atoms with E-state index >= 15 is 0 Å². The van der Waals surface area contributed by atoms with Gasteiger partial charge in [-0.25, -0.2) is 9.48 Å². The van der Waals surface area contributed by atoms with E-state index in [4.69, 9.17) is 5.11 Å². The highest BCUT2D eigenvalue weighted by Crippen LogP contribution is 2.27. The lowest BCUT2D eigenvalue weighted by molar-refractivity contribution is -0.145. The summed E-state index contributed by atoms with van der Waals surface area (Å²) in [6.45, 7) is 0.602. The highest BCUT2D eigenvalue weighted by molar-refractivity contribution is 7.09. The highest BCUT2D eigenvalue weighted by atomic mass is 32.1. The first-order valence-corrected chi connectivity index (χ1v) is 7.84. The molecule has 3 N–H and O–H groups in total. The van der Waals surface area contributed by atoms with Crippen molar-refractivity contribution in [2.24, 2.45) is 5.92 Å². The van der Waals surface area contributed by atoms with E-state index in [9.17, 15) is 9.59 Å². The number of aromatic nitrogens is 2. The summed E-state index contributed by atoms with van der Waals surface area (Å²) in [6.07, 6.45) is 2.60. The third-order valence-electron chi connectivity index (χ3n) is 3.67. The smallest absolute Gasteiger partial charge is 0.320 e. The summed E-state index contributed by atoms with van der Waals surface area (Å²) in [7, 11) is 0. The first-order valence-electron chi connectivity index (χ1n) is 6.96. The number of carboxylic acid groups (broad SMARTS) is 1. The van der Waals surface area contributed by atoms with E-state index < -0.39 is 5.97 Å². The number of nitrogens with one attached hydrogen (secondary N) is 2. The number of amides is 2. The van der Waals surface area contributed by atoms with Crippen LogP contribution in [0.25, 0.3) is 0 Å². The molecule has 3 rings (SSSR count). The molecule has 1 aliphatic rings. The van der Waals surface area contributed by atoms with E-state index in [2.05, 4.69) is 15.7 Å². The van der Waals surface area contributed by atoms with Crippen LogP contribution in [0.4, 0.5) is 10.6 Å². The Morgan fingerprint density at radius 1 is 1.41 bits per heavy atom. The molecule has 2 aromatic rings. The molecule has 22 heavy (non-hydrogen) atoms. The van der Waals surface area contributed by atoms with Gasteiger partial charge in [-0.15, -0.1) is 11.3 Å². The van der Waals surface area contributed by atoms with Crippen LogP contribution in [0, 0.1) is 5.92 Å². The second kappa shape index (κ2) is 6.18. The van der Waals surface area contributed by atoms with Gasteiger partial charge in [0.1, 0.15) is 5.82 Å². The van der Waals surface area contributed by atoms with Gasteiger partial charge in [-0.1, -0.05) is 6.07 Å². The van der Waals surface area contributed by atoms with E-state index in [-0.39, 0.29) is 18.0 Å². The predicted molar refractivity (Wildman–Crippen MR) is 82.0 cm³/mol. The van der Waals surface area contributed by atoms with Crippen molar-refractivity contribution >= 4 is 29.2 Å². The minimum absolute atomic E-state index is 0.0743. The largest absolute Gasteiger partial charge is 0.481 e. The van der Waals surface area contributed by atoms with Gasteiger partial charge in [0.25, 0.3) is 0 Å². The molecule has 1 saturated carbocycles. The van der Waals surface area contributed by atoms with E-state index in [0.717, 1.165) is 4.88 Å². The Morgan fingerprint density at radius 3 is 2.91 bits per heavy atom. The second-order valence-electron chi connectivity index (χ2n) is 5.26. The van der Waals surface area contributed by atoms with E-state index in [1.54, 1.807) is 28.3 Å². The van der Waals surface area contributed by atoms with Crippen molar-refractivity contribution in [2.45, 2.75) is 25.4 Å². The van der Waals surface area contributed by atoms with Gasteiger partial charge in [0.15, 0.2) is 0 Å². The highest BCUT2D eigenvalue weighted by Gasteiger charge is 2.35. The van der Waals surface area contributed by atoms with Crippen LogP contribution in [0.15, 0.2) is 29.8 Å². The minimum Gasteiger partial charge on any atom is -0.481 e. The second-order valence-corrected chi connectivity index (χ2v) is 6.29. The lowest BCUT2D eigenvalue weighted by Gasteiger charge is -2.32. The normalized spacial score (nSPS) is 20.2. The van der Waals surface area contributed by atoms with Crippen molar-refractivity contribution in [1.82, 2.24) is 15.1 Å². The zero-order chi connectivity index (χ0) is 15.5. The summed E-state index contributed by atoms with van der Waals surface area (Å²) in [5, 5.41) is 20.5. The zero-order valence-corrected chi connectivity index (χ0v) is 12.5. The number of aliphatic carboxylic acids is 1. The Morgan fingerprint density at radius 2 is 2.23 bits per heavy atom. The molecule has 0 unspecified atom stereocenters. The average molecular weight is 320 g/mol. The number of thiophene rings is 1. The summed E-state index contributed by atoms with van der Waals surface area (Å²) in [6, 6.07) is 5.31. The molecule has 0 atom stereocenters. The number of hydrogen-bond acceptors (Lipinski definition) is 4. The number of anilines is 1.